The monoisotopic (exact) mass is 183 g/mol. The van der Waals surface area contributed by atoms with E-state index in [9.17, 15) is 4.79 Å². The van der Waals surface area contributed by atoms with Gasteiger partial charge >= 0.3 is 0 Å². The summed E-state index contributed by atoms with van der Waals surface area (Å²) < 4.78 is 5.64. The van der Waals surface area contributed by atoms with Crippen LogP contribution in [0.3, 0.4) is 0 Å². The number of ether oxygens (including phenoxy) is 1. The molecule has 0 spiro atoms. The van der Waals surface area contributed by atoms with Crippen LogP contribution in [0.15, 0.2) is 0 Å². The molecule has 1 aliphatic carbocycles. The van der Waals surface area contributed by atoms with Crippen molar-refractivity contribution in [3.05, 3.63) is 0 Å². The van der Waals surface area contributed by atoms with E-state index in [-0.39, 0.29) is 16.7 Å². The molecule has 2 unspecified atom stereocenters. The van der Waals surface area contributed by atoms with E-state index in [0.717, 1.165) is 12.8 Å². The molecule has 0 radical (unpaired) electrons. The molecule has 1 saturated heterocycles. The van der Waals surface area contributed by atoms with Crippen LogP contribution < -0.4 is 5.73 Å². The van der Waals surface area contributed by atoms with Gasteiger partial charge in [0.15, 0.2) is 5.60 Å². The number of hydrogen-bond donors (Lipinski definition) is 1. The number of carbonyl (C=O) groups is 1. The van der Waals surface area contributed by atoms with E-state index in [0.29, 0.717) is 6.61 Å². The maximum Gasteiger partial charge on any atom is 0.250 e. The Labute approximate surface area is 78.6 Å². The minimum absolute atomic E-state index is 0.119. The maximum absolute atomic E-state index is 11.4. The second-order valence-electron chi connectivity index (χ2n) is 5.17. The Morgan fingerprint density at radius 1 is 1.31 bits per heavy atom. The number of rotatable bonds is 1. The van der Waals surface area contributed by atoms with Crippen LogP contribution in [-0.4, -0.2) is 18.1 Å². The molecule has 1 amide bonds. The molecule has 2 atom stereocenters. The Balaban J connectivity index is 2.50. The van der Waals surface area contributed by atoms with Crippen molar-refractivity contribution < 1.29 is 9.53 Å². The quantitative estimate of drug-likeness (QED) is 0.661. The number of amides is 1. The highest BCUT2D eigenvalue weighted by Crippen LogP contribution is 2.64. The third-order valence-corrected chi connectivity index (χ3v) is 4.58. The van der Waals surface area contributed by atoms with Gasteiger partial charge in [0.05, 0.1) is 6.61 Å². The van der Waals surface area contributed by atoms with Crippen molar-refractivity contribution in [3.63, 3.8) is 0 Å². The van der Waals surface area contributed by atoms with Crippen LogP contribution in [0.4, 0.5) is 0 Å². The summed E-state index contributed by atoms with van der Waals surface area (Å²) in [6.07, 6.45) is 1.83. The zero-order chi connectivity index (χ0) is 9.91. The third-order valence-electron chi connectivity index (χ3n) is 4.58. The summed E-state index contributed by atoms with van der Waals surface area (Å²) >= 11 is 0. The molecule has 0 aromatic rings. The van der Waals surface area contributed by atoms with E-state index in [4.69, 9.17) is 10.5 Å². The molecule has 3 nitrogen and oxygen atoms in total. The Bertz CT molecular complexity index is 262. The molecule has 74 valence electrons. The summed E-state index contributed by atoms with van der Waals surface area (Å²) in [5, 5.41) is 0. The van der Waals surface area contributed by atoms with Gasteiger partial charge in [-0.05, 0) is 18.3 Å². The van der Waals surface area contributed by atoms with E-state index in [1.54, 1.807) is 0 Å². The van der Waals surface area contributed by atoms with Gasteiger partial charge in [-0.15, -0.1) is 0 Å². The molecule has 2 fully saturated rings. The van der Waals surface area contributed by atoms with E-state index < -0.39 is 5.60 Å². The van der Waals surface area contributed by atoms with Gasteiger partial charge in [0.25, 0.3) is 0 Å². The van der Waals surface area contributed by atoms with E-state index in [2.05, 4.69) is 20.8 Å². The first-order valence-corrected chi connectivity index (χ1v) is 4.80. The van der Waals surface area contributed by atoms with Crippen LogP contribution in [0.2, 0.25) is 0 Å². The highest BCUT2D eigenvalue weighted by molar-refractivity contribution is 5.85. The number of hydrogen-bond acceptors (Lipinski definition) is 2. The molecule has 2 aliphatic rings. The van der Waals surface area contributed by atoms with Gasteiger partial charge < -0.3 is 10.5 Å². The van der Waals surface area contributed by atoms with Crippen molar-refractivity contribution in [2.24, 2.45) is 16.6 Å². The number of fused-ring (bicyclic) bond motifs is 2. The Hall–Kier alpha value is -0.570. The molecule has 2 bridgehead atoms. The van der Waals surface area contributed by atoms with Crippen molar-refractivity contribution in [2.75, 3.05) is 6.61 Å². The minimum Gasteiger partial charge on any atom is -0.367 e. The molecule has 1 saturated carbocycles. The highest BCUT2D eigenvalue weighted by atomic mass is 16.5. The molecule has 1 aliphatic heterocycles. The molecular weight excluding hydrogens is 166 g/mol. The first-order valence-electron chi connectivity index (χ1n) is 4.80. The molecule has 2 N–H and O–H groups in total. The van der Waals surface area contributed by atoms with Gasteiger partial charge in [0.2, 0.25) is 5.91 Å². The second kappa shape index (κ2) is 2.08. The van der Waals surface area contributed by atoms with Crippen molar-refractivity contribution in [3.8, 4) is 0 Å². The predicted octanol–water partition coefficient (Wildman–Crippen LogP) is 1.07. The number of nitrogens with two attached hydrogens (primary N) is 1. The third kappa shape index (κ3) is 0.725. The van der Waals surface area contributed by atoms with Crippen molar-refractivity contribution >= 4 is 5.91 Å². The van der Waals surface area contributed by atoms with Crippen LogP contribution in [0.25, 0.3) is 0 Å². The Morgan fingerprint density at radius 2 is 1.92 bits per heavy atom. The Kier molecular flexibility index (Phi) is 1.44. The highest BCUT2D eigenvalue weighted by Gasteiger charge is 2.69. The van der Waals surface area contributed by atoms with E-state index in [1.165, 1.54) is 0 Å². The average molecular weight is 183 g/mol. The summed E-state index contributed by atoms with van der Waals surface area (Å²) in [6.45, 7) is 7.04. The minimum atomic E-state index is -0.693. The molecule has 0 aromatic heterocycles. The van der Waals surface area contributed by atoms with Gasteiger partial charge in [0, 0.05) is 5.41 Å². The Morgan fingerprint density at radius 3 is 2.08 bits per heavy atom. The number of carbonyl (C=O) groups excluding carboxylic acids is 1. The zero-order valence-electron chi connectivity index (χ0n) is 8.52. The fourth-order valence-electron chi connectivity index (χ4n) is 2.85. The first-order chi connectivity index (χ1) is 5.86. The SMILES string of the molecule is CC12CCC(C(N)=O)(OC1)C2(C)C. The van der Waals surface area contributed by atoms with Crippen LogP contribution in [0.1, 0.15) is 33.6 Å². The summed E-state index contributed by atoms with van der Waals surface area (Å²) in [5.74, 6) is -0.293. The van der Waals surface area contributed by atoms with Crippen LogP contribution >= 0.6 is 0 Å². The van der Waals surface area contributed by atoms with Crippen LogP contribution in [0, 0.1) is 10.8 Å². The molecule has 13 heavy (non-hydrogen) atoms. The zero-order valence-corrected chi connectivity index (χ0v) is 8.52. The van der Waals surface area contributed by atoms with Gasteiger partial charge in [-0.1, -0.05) is 20.8 Å². The summed E-state index contributed by atoms with van der Waals surface area (Å²) in [7, 11) is 0. The lowest BCUT2D eigenvalue weighted by Gasteiger charge is -2.36. The van der Waals surface area contributed by atoms with Gasteiger partial charge in [-0.2, -0.15) is 0 Å². The molecule has 0 aromatic carbocycles. The molecule has 1 heterocycles. The second-order valence-corrected chi connectivity index (χ2v) is 5.17. The van der Waals surface area contributed by atoms with Crippen LogP contribution in [0.5, 0.6) is 0 Å². The standard InChI is InChI=1S/C10H17NO2/c1-8(2)9(3)4-5-10(8,7(11)12)13-6-9/h4-6H2,1-3H3,(H2,11,12). The van der Waals surface area contributed by atoms with Crippen molar-refractivity contribution in [1.82, 2.24) is 0 Å². The fraction of sp³-hybridized carbons (Fsp3) is 0.900. The van der Waals surface area contributed by atoms with Crippen molar-refractivity contribution in [2.45, 2.75) is 39.2 Å². The maximum atomic E-state index is 11.4. The normalized spacial score (nSPS) is 46.7. The van der Waals surface area contributed by atoms with Crippen LogP contribution in [-0.2, 0) is 9.53 Å². The largest absolute Gasteiger partial charge is 0.367 e. The summed E-state index contributed by atoms with van der Waals surface area (Å²) in [5.41, 5.74) is 4.76. The first kappa shape index (κ1) is 9.00. The fourth-order valence-corrected chi connectivity index (χ4v) is 2.85. The predicted molar refractivity (Wildman–Crippen MR) is 49.0 cm³/mol. The summed E-state index contributed by atoms with van der Waals surface area (Å²) in [6, 6.07) is 0. The summed E-state index contributed by atoms with van der Waals surface area (Å²) in [4.78, 5) is 11.4. The molecule has 2 rings (SSSR count). The van der Waals surface area contributed by atoms with Gasteiger partial charge in [-0.3, -0.25) is 4.79 Å². The molecule has 3 heteroatoms. The van der Waals surface area contributed by atoms with E-state index >= 15 is 0 Å². The van der Waals surface area contributed by atoms with Gasteiger partial charge in [-0.25, -0.2) is 0 Å². The lowest BCUT2D eigenvalue weighted by atomic mass is 9.66. The topological polar surface area (TPSA) is 52.3 Å². The molecular formula is C10H17NO2. The van der Waals surface area contributed by atoms with Crippen molar-refractivity contribution in [1.29, 1.82) is 0 Å². The lowest BCUT2D eigenvalue weighted by molar-refractivity contribution is -0.146. The smallest absolute Gasteiger partial charge is 0.250 e. The lowest BCUT2D eigenvalue weighted by Crippen LogP contribution is -2.51. The number of primary amides is 1. The average Bonchev–Trinajstić information content (AvgIpc) is 2.34. The van der Waals surface area contributed by atoms with Gasteiger partial charge in [0.1, 0.15) is 0 Å². The van der Waals surface area contributed by atoms with E-state index in [1.807, 2.05) is 0 Å².